The second-order valence-corrected chi connectivity index (χ2v) is 5.72. The summed E-state index contributed by atoms with van der Waals surface area (Å²) < 4.78 is 0. The molecule has 0 aromatic carbocycles. The standard InChI is InChI=1S/C12H24N2OS/c1-11(13)6-9-16-10-12(15)14-7-4-2-3-5-8-14/h11H,2-10,13H2,1H3. The molecule has 1 atom stereocenters. The van der Waals surface area contributed by atoms with E-state index in [9.17, 15) is 4.79 Å². The SMILES string of the molecule is CC(N)CCSCC(=O)N1CCCCCC1. The number of rotatable bonds is 5. The fraction of sp³-hybridized carbons (Fsp3) is 0.917. The van der Waals surface area contributed by atoms with E-state index in [0.29, 0.717) is 11.7 Å². The van der Waals surface area contributed by atoms with Gasteiger partial charge in [0.1, 0.15) is 0 Å². The zero-order chi connectivity index (χ0) is 11.8. The van der Waals surface area contributed by atoms with Crippen LogP contribution in [-0.4, -0.2) is 41.4 Å². The molecule has 1 fully saturated rings. The molecule has 1 heterocycles. The first-order valence-electron chi connectivity index (χ1n) is 6.31. The van der Waals surface area contributed by atoms with Gasteiger partial charge in [0, 0.05) is 19.1 Å². The van der Waals surface area contributed by atoms with Gasteiger partial charge < -0.3 is 10.6 Å². The summed E-state index contributed by atoms with van der Waals surface area (Å²) in [5.74, 6) is 1.95. The summed E-state index contributed by atoms with van der Waals surface area (Å²) in [5, 5.41) is 0. The minimum absolute atomic E-state index is 0.251. The van der Waals surface area contributed by atoms with Crippen molar-refractivity contribution in [3.63, 3.8) is 0 Å². The molecule has 4 heteroatoms. The van der Waals surface area contributed by atoms with Crippen LogP contribution in [-0.2, 0) is 4.79 Å². The molecular weight excluding hydrogens is 220 g/mol. The molecular formula is C12H24N2OS. The van der Waals surface area contributed by atoms with Crippen LogP contribution in [0.2, 0.25) is 0 Å². The van der Waals surface area contributed by atoms with Gasteiger partial charge in [-0.05, 0) is 31.9 Å². The van der Waals surface area contributed by atoms with Crippen LogP contribution in [0, 0.1) is 0 Å². The number of carbonyl (C=O) groups excluding carboxylic acids is 1. The van der Waals surface area contributed by atoms with Crippen molar-refractivity contribution in [2.24, 2.45) is 5.73 Å². The van der Waals surface area contributed by atoms with Crippen molar-refractivity contribution in [2.75, 3.05) is 24.6 Å². The van der Waals surface area contributed by atoms with Gasteiger partial charge in [-0.1, -0.05) is 12.8 Å². The molecule has 1 aliphatic rings. The van der Waals surface area contributed by atoms with Gasteiger partial charge in [-0.25, -0.2) is 0 Å². The van der Waals surface area contributed by atoms with Crippen molar-refractivity contribution in [1.29, 1.82) is 0 Å². The molecule has 1 saturated heterocycles. The van der Waals surface area contributed by atoms with Crippen LogP contribution in [0.3, 0.4) is 0 Å². The van der Waals surface area contributed by atoms with E-state index in [1.165, 1.54) is 25.7 Å². The topological polar surface area (TPSA) is 46.3 Å². The Kier molecular flexibility index (Phi) is 6.88. The number of hydrogen-bond donors (Lipinski definition) is 1. The van der Waals surface area contributed by atoms with Gasteiger partial charge in [0.25, 0.3) is 0 Å². The molecule has 1 aliphatic heterocycles. The highest BCUT2D eigenvalue weighted by molar-refractivity contribution is 7.99. The van der Waals surface area contributed by atoms with Crippen LogP contribution in [0.15, 0.2) is 0 Å². The molecule has 3 nitrogen and oxygen atoms in total. The Bertz CT molecular complexity index is 201. The van der Waals surface area contributed by atoms with E-state index in [-0.39, 0.29) is 6.04 Å². The highest BCUT2D eigenvalue weighted by Crippen LogP contribution is 2.12. The summed E-state index contributed by atoms with van der Waals surface area (Å²) >= 11 is 1.72. The third-order valence-electron chi connectivity index (χ3n) is 2.90. The van der Waals surface area contributed by atoms with Gasteiger partial charge in [-0.3, -0.25) is 4.79 Å². The average Bonchev–Trinajstić information content (AvgIpc) is 2.52. The largest absolute Gasteiger partial charge is 0.342 e. The van der Waals surface area contributed by atoms with Gasteiger partial charge in [0.15, 0.2) is 0 Å². The van der Waals surface area contributed by atoms with E-state index in [1.54, 1.807) is 11.8 Å². The normalized spacial score (nSPS) is 19.2. The molecule has 0 aromatic rings. The Balaban J connectivity index is 2.13. The van der Waals surface area contributed by atoms with Gasteiger partial charge >= 0.3 is 0 Å². The maximum Gasteiger partial charge on any atom is 0.232 e. The molecule has 0 bridgehead atoms. The molecule has 1 amide bonds. The van der Waals surface area contributed by atoms with Crippen molar-refractivity contribution in [3.05, 3.63) is 0 Å². The second kappa shape index (κ2) is 7.96. The lowest BCUT2D eigenvalue weighted by Gasteiger charge is -2.20. The van der Waals surface area contributed by atoms with E-state index in [1.807, 2.05) is 11.8 Å². The van der Waals surface area contributed by atoms with Crippen molar-refractivity contribution in [3.8, 4) is 0 Å². The van der Waals surface area contributed by atoms with E-state index >= 15 is 0 Å². The van der Waals surface area contributed by atoms with E-state index in [4.69, 9.17) is 5.73 Å². The Morgan fingerprint density at radius 1 is 1.31 bits per heavy atom. The minimum Gasteiger partial charge on any atom is -0.342 e. The van der Waals surface area contributed by atoms with Gasteiger partial charge in [-0.15, -0.1) is 0 Å². The molecule has 0 saturated carbocycles. The smallest absolute Gasteiger partial charge is 0.232 e. The maximum atomic E-state index is 11.9. The number of likely N-dealkylation sites (tertiary alicyclic amines) is 1. The van der Waals surface area contributed by atoms with E-state index < -0.39 is 0 Å². The Morgan fingerprint density at radius 3 is 2.50 bits per heavy atom. The Hall–Kier alpha value is -0.220. The first kappa shape index (κ1) is 13.8. The summed E-state index contributed by atoms with van der Waals surface area (Å²) in [6.45, 7) is 3.94. The molecule has 1 rings (SSSR count). The number of amides is 1. The third-order valence-corrected chi connectivity index (χ3v) is 3.88. The fourth-order valence-corrected chi connectivity index (χ4v) is 2.88. The predicted octanol–water partition coefficient (Wildman–Crippen LogP) is 1.86. The number of nitrogens with zero attached hydrogens (tertiary/aromatic N) is 1. The summed E-state index contributed by atoms with van der Waals surface area (Å²) in [5.41, 5.74) is 5.66. The van der Waals surface area contributed by atoms with Crippen molar-refractivity contribution < 1.29 is 4.79 Å². The maximum absolute atomic E-state index is 11.9. The number of hydrogen-bond acceptors (Lipinski definition) is 3. The first-order valence-corrected chi connectivity index (χ1v) is 7.46. The van der Waals surface area contributed by atoms with E-state index in [2.05, 4.69) is 0 Å². The molecule has 94 valence electrons. The third kappa shape index (κ3) is 5.75. The molecule has 2 N–H and O–H groups in total. The monoisotopic (exact) mass is 244 g/mol. The fourth-order valence-electron chi connectivity index (χ4n) is 1.84. The van der Waals surface area contributed by atoms with Crippen LogP contribution in [0.1, 0.15) is 39.0 Å². The van der Waals surface area contributed by atoms with Gasteiger partial charge in [-0.2, -0.15) is 11.8 Å². The summed E-state index contributed by atoms with van der Waals surface area (Å²) in [6, 6.07) is 0.251. The van der Waals surface area contributed by atoms with Crippen LogP contribution in [0.25, 0.3) is 0 Å². The lowest BCUT2D eigenvalue weighted by atomic mass is 10.2. The Labute approximate surface area is 103 Å². The van der Waals surface area contributed by atoms with Crippen molar-refractivity contribution in [1.82, 2.24) is 4.90 Å². The average molecular weight is 244 g/mol. The lowest BCUT2D eigenvalue weighted by molar-refractivity contribution is -0.128. The molecule has 16 heavy (non-hydrogen) atoms. The zero-order valence-electron chi connectivity index (χ0n) is 10.3. The summed E-state index contributed by atoms with van der Waals surface area (Å²) in [4.78, 5) is 13.9. The minimum atomic E-state index is 0.251. The number of thioether (sulfide) groups is 1. The van der Waals surface area contributed by atoms with Crippen LogP contribution in [0.4, 0.5) is 0 Å². The molecule has 0 aliphatic carbocycles. The molecule has 1 unspecified atom stereocenters. The molecule has 0 spiro atoms. The van der Waals surface area contributed by atoms with Crippen LogP contribution in [0.5, 0.6) is 0 Å². The number of carbonyl (C=O) groups is 1. The first-order chi connectivity index (χ1) is 7.70. The van der Waals surface area contributed by atoms with Gasteiger partial charge in [0.05, 0.1) is 5.75 Å². The quantitative estimate of drug-likeness (QED) is 0.751. The van der Waals surface area contributed by atoms with Crippen molar-refractivity contribution in [2.45, 2.75) is 45.1 Å². The highest BCUT2D eigenvalue weighted by atomic mass is 32.2. The van der Waals surface area contributed by atoms with E-state index in [0.717, 1.165) is 25.3 Å². The Morgan fingerprint density at radius 2 is 1.94 bits per heavy atom. The lowest BCUT2D eigenvalue weighted by Crippen LogP contribution is -2.33. The predicted molar refractivity (Wildman–Crippen MR) is 70.6 cm³/mol. The zero-order valence-corrected chi connectivity index (χ0v) is 11.1. The highest BCUT2D eigenvalue weighted by Gasteiger charge is 2.14. The van der Waals surface area contributed by atoms with Gasteiger partial charge in [0.2, 0.25) is 5.91 Å². The summed E-state index contributed by atoms with van der Waals surface area (Å²) in [6.07, 6.45) is 5.91. The molecule has 0 aromatic heterocycles. The van der Waals surface area contributed by atoms with Crippen LogP contribution >= 0.6 is 11.8 Å². The second-order valence-electron chi connectivity index (χ2n) is 4.61. The summed E-state index contributed by atoms with van der Waals surface area (Å²) in [7, 11) is 0. The van der Waals surface area contributed by atoms with Crippen LogP contribution < -0.4 is 5.73 Å². The van der Waals surface area contributed by atoms with Crippen molar-refractivity contribution >= 4 is 17.7 Å². The molecule has 0 radical (unpaired) electrons. The number of nitrogens with two attached hydrogens (primary N) is 1.